The van der Waals surface area contributed by atoms with Crippen LogP contribution in [0.15, 0.2) is 22.3 Å². The van der Waals surface area contributed by atoms with Crippen LogP contribution >= 0.6 is 15.9 Å². The number of carboxylic acids is 1. The van der Waals surface area contributed by atoms with Crippen LogP contribution in [-0.4, -0.2) is 28.2 Å². The van der Waals surface area contributed by atoms with Crippen molar-refractivity contribution in [1.29, 1.82) is 0 Å². The van der Waals surface area contributed by atoms with Crippen molar-refractivity contribution >= 4 is 27.7 Å². The third-order valence-electron chi connectivity index (χ3n) is 2.63. The number of carbonyl (C=O) groups excluding carboxylic acids is 1. The van der Waals surface area contributed by atoms with Gasteiger partial charge in [-0.1, -0.05) is 6.92 Å². The van der Waals surface area contributed by atoms with Gasteiger partial charge in [-0.3, -0.25) is 4.79 Å². The van der Waals surface area contributed by atoms with Crippen molar-refractivity contribution in [3.05, 3.63) is 45.3 Å². The van der Waals surface area contributed by atoms with Crippen LogP contribution in [0, 0.1) is 17.5 Å². The second-order valence-electron chi connectivity index (χ2n) is 4.13. The fraction of sp³-hybridized carbons (Fsp3) is 0.231. The summed E-state index contributed by atoms with van der Waals surface area (Å²) in [6, 6.07) is 0.387. The summed E-state index contributed by atoms with van der Waals surface area (Å²) < 4.78 is 39.7. The number of hydrogen-bond acceptors (Lipinski definition) is 4. The van der Waals surface area contributed by atoms with Crippen LogP contribution in [0.1, 0.15) is 23.7 Å². The second-order valence-corrected chi connectivity index (χ2v) is 4.92. The Hall–Kier alpha value is -1.87. The third-order valence-corrected chi connectivity index (χ3v) is 3.36. The fourth-order valence-electron chi connectivity index (χ4n) is 1.40. The van der Waals surface area contributed by atoms with E-state index in [0.717, 1.165) is 0 Å². The molecule has 0 saturated carbocycles. The average Bonchev–Trinajstić information content (AvgIpc) is 2.48. The lowest BCUT2D eigenvalue weighted by Gasteiger charge is -2.10. The van der Waals surface area contributed by atoms with E-state index in [1.807, 2.05) is 0 Å². The van der Waals surface area contributed by atoms with Gasteiger partial charge in [0.1, 0.15) is 17.6 Å². The number of carbonyl (C=O) groups is 2. The van der Waals surface area contributed by atoms with Gasteiger partial charge in [-0.25, -0.2) is 18.0 Å². The van der Waals surface area contributed by atoms with Gasteiger partial charge in [-0.05, 0) is 28.4 Å². The highest BCUT2D eigenvalue weighted by atomic mass is 79.9. The van der Waals surface area contributed by atoms with E-state index >= 15 is 0 Å². The molecule has 9 heteroatoms. The Morgan fingerprint density at radius 3 is 2.45 bits per heavy atom. The van der Waals surface area contributed by atoms with E-state index in [-0.39, 0.29) is 6.42 Å². The summed E-state index contributed by atoms with van der Waals surface area (Å²) in [5, 5.41) is 20.4. The number of halogens is 4. The summed E-state index contributed by atoms with van der Waals surface area (Å²) in [4.78, 5) is 23.0. The molecule has 0 saturated heterocycles. The number of aliphatic carboxylic acids is 1. The summed E-state index contributed by atoms with van der Waals surface area (Å²) in [5.74, 6) is -7.76. The molecule has 5 nitrogen and oxygen atoms in total. The topological polar surface area (TPSA) is 86.6 Å². The molecular weight excluding hydrogens is 371 g/mol. The summed E-state index contributed by atoms with van der Waals surface area (Å²) in [5.41, 5.74) is -2.05. The van der Waals surface area contributed by atoms with Crippen LogP contribution in [0.2, 0.25) is 0 Å². The van der Waals surface area contributed by atoms with Gasteiger partial charge >= 0.3 is 5.97 Å². The van der Waals surface area contributed by atoms with Crippen LogP contribution in [0.4, 0.5) is 13.2 Å². The van der Waals surface area contributed by atoms with Crippen molar-refractivity contribution in [1.82, 2.24) is 5.32 Å². The Kier molecular flexibility index (Phi) is 6.12. The maximum absolute atomic E-state index is 13.7. The molecule has 0 bridgehead atoms. The molecule has 0 aliphatic heterocycles. The molecule has 0 radical (unpaired) electrons. The molecular formula is C13H11BrF3NO4. The van der Waals surface area contributed by atoms with Gasteiger partial charge in [0.2, 0.25) is 5.78 Å². The van der Waals surface area contributed by atoms with Crippen molar-refractivity contribution < 1.29 is 33.0 Å². The summed E-state index contributed by atoms with van der Waals surface area (Å²) in [7, 11) is 0. The zero-order valence-electron chi connectivity index (χ0n) is 11.2. The molecule has 1 rings (SSSR count). The van der Waals surface area contributed by atoms with Gasteiger partial charge in [0.05, 0.1) is 10.0 Å². The predicted octanol–water partition coefficient (Wildman–Crippen LogP) is 2.34. The van der Waals surface area contributed by atoms with Crippen molar-refractivity contribution in [2.75, 3.05) is 0 Å². The highest BCUT2D eigenvalue weighted by molar-refractivity contribution is 9.10. The predicted molar refractivity (Wildman–Crippen MR) is 73.5 cm³/mol. The molecule has 120 valence electrons. The zero-order valence-corrected chi connectivity index (χ0v) is 12.7. The average molecular weight is 382 g/mol. The SMILES string of the molecule is CCC(O)NC=C(C(=O)O)C(=O)c1cc(F)c(Br)c(F)c1F. The minimum atomic E-state index is -1.75. The van der Waals surface area contributed by atoms with Crippen molar-refractivity contribution in [2.24, 2.45) is 0 Å². The molecule has 0 amide bonds. The fourth-order valence-corrected chi connectivity index (χ4v) is 1.69. The van der Waals surface area contributed by atoms with Crippen LogP contribution in [0.3, 0.4) is 0 Å². The van der Waals surface area contributed by atoms with E-state index in [4.69, 9.17) is 5.11 Å². The maximum atomic E-state index is 13.7. The lowest BCUT2D eigenvalue weighted by atomic mass is 10.0. The number of rotatable bonds is 6. The largest absolute Gasteiger partial charge is 0.477 e. The smallest absolute Gasteiger partial charge is 0.341 e. The molecule has 22 heavy (non-hydrogen) atoms. The number of ketones is 1. The summed E-state index contributed by atoms with van der Waals surface area (Å²) in [6.07, 6.45) is -0.283. The van der Waals surface area contributed by atoms with Crippen LogP contribution in [-0.2, 0) is 4.79 Å². The number of hydrogen-bond donors (Lipinski definition) is 3. The number of carboxylic acid groups (broad SMARTS) is 1. The van der Waals surface area contributed by atoms with Crippen LogP contribution in [0.25, 0.3) is 0 Å². The quantitative estimate of drug-likeness (QED) is 0.134. The molecule has 0 fully saturated rings. The molecule has 1 unspecified atom stereocenters. The summed E-state index contributed by atoms with van der Waals surface area (Å²) >= 11 is 2.46. The highest BCUT2D eigenvalue weighted by Crippen LogP contribution is 2.26. The lowest BCUT2D eigenvalue weighted by molar-refractivity contribution is -0.132. The van der Waals surface area contributed by atoms with Crippen molar-refractivity contribution in [3.63, 3.8) is 0 Å². The number of nitrogens with one attached hydrogen (secondary N) is 1. The molecule has 0 aliphatic carbocycles. The van der Waals surface area contributed by atoms with Crippen LogP contribution < -0.4 is 5.32 Å². The molecule has 0 heterocycles. The Balaban J connectivity index is 3.30. The van der Waals surface area contributed by atoms with Gasteiger partial charge in [0.15, 0.2) is 11.6 Å². The molecule has 0 aromatic heterocycles. The standard InChI is InChI=1S/C13H11BrF3NO4/c1-2-8(19)18-4-6(13(21)22)12(20)5-3-7(15)9(14)11(17)10(5)16/h3-4,8,18-19H,2H2,1H3,(H,21,22). The van der Waals surface area contributed by atoms with E-state index < -0.39 is 51.0 Å². The minimum absolute atomic E-state index is 0.202. The van der Waals surface area contributed by atoms with Gasteiger partial charge in [0.25, 0.3) is 0 Å². The van der Waals surface area contributed by atoms with E-state index in [9.17, 15) is 27.9 Å². The minimum Gasteiger partial charge on any atom is -0.477 e. The first kappa shape index (κ1) is 18.2. The second kappa shape index (κ2) is 7.41. The molecule has 1 atom stereocenters. The molecule has 0 spiro atoms. The number of benzene rings is 1. The van der Waals surface area contributed by atoms with E-state index in [0.29, 0.717) is 12.3 Å². The first-order chi connectivity index (χ1) is 10.2. The van der Waals surface area contributed by atoms with Gasteiger partial charge < -0.3 is 15.5 Å². The highest BCUT2D eigenvalue weighted by Gasteiger charge is 2.27. The van der Waals surface area contributed by atoms with E-state index in [2.05, 4.69) is 21.2 Å². The molecule has 3 N–H and O–H groups in total. The zero-order chi connectivity index (χ0) is 17.0. The number of aliphatic hydroxyl groups is 1. The third kappa shape index (κ3) is 3.86. The first-order valence-electron chi connectivity index (χ1n) is 5.95. The first-order valence-corrected chi connectivity index (χ1v) is 6.75. The lowest BCUT2D eigenvalue weighted by Crippen LogP contribution is -2.26. The van der Waals surface area contributed by atoms with Crippen molar-refractivity contribution in [2.45, 2.75) is 19.6 Å². The Morgan fingerprint density at radius 1 is 1.36 bits per heavy atom. The molecule has 1 aromatic carbocycles. The Bertz CT molecular complexity index is 649. The van der Waals surface area contributed by atoms with Crippen molar-refractivity contribution in [3.8, 4) is 0 Å². The molecule has 1 aromatic rings. The molecule has 0 aliphatic rings. The van der Waals surface area contributed by atoms with Gasteiger partial charge in [-0.15, -0.1) is 0 Å². The van der Waals surface area contributed by atoms with Gasteiger partial charge in [-0.2, -0.15) is 0 Å². The number of aliphatic hydroxyl groups excluding tert-OH is 1. The Labute approximate surface area is 131 Å². The van der Waals surface area contributed by atoms with Crippen LogP contribution in [0.5, 0.6) is 0 Å². The monoisotopic (exact) mass is 381 g/mol. The van der Waals surface area contributed by atoms with Gasteiger partial charge in [0, 0.05) is 6.20 Å². The maximum Gasteiger partial charge on any atom is 0.341 e. The summed E-state index contributed by atoms with van der Waals surface area (Å²) in [6.45, 7) is 1.58. The van der Waals surface area contributed by atoms with E-state index in [1.165, 1.54) is 0 Å². The Morgan fingerprint density at radius 2 is 1.95 bits per heavy atom. The number of Topliss-reactive ketones (excluding diaryl/α,β-unsaturated/α-hetero) is 1. The normalized spacial score (nSPS) is 12.9. The van der Waals surface area contributed by atoms with E-state index in [1.54, 1.807) is 6.92 Å².